The summed E-state index contributed by atoms with van der Waals surface area (Å²) in [5.41, 5.74) is 0.517. The number of hydrogen-bond acceptors (Lipinski definition) is 6. The van der Waals surface area contributed by atoms with Crippen molar-refractivity contribution in [3.05, 3.63) is 24.2 Å². The number of esters is 2. The van der Waals surface area contributed by atoms with E-state index in [2.05, 4.69) is 13.8 Å². The van der Waals surface area contributed by atoms with Crippen molar-refractivity contribution in [1.82, 2.24) is 0 Å². The first-order valence-corrected chi connectivity index (χ1v) is 10.4. The smallest absolute Gasteiger partial charge is 0.309 e. The van der Waals surface area contributed by atoms with E-state index in [4.69, 9.17) is 18.6 Å². The van der Waals surface area contributed by atoms with Crippen LogP contribution < -0.4 is 0 Å². The summed E-state index contributed by atoms with van der Waals surface area (Å²) in [6.07, 6.45) is 6.46. The van der Waals surface area contributed by atoms with E-state index >= 15 is 0 Å². The first kappa shape index (κ1) is 18.2. The highest BCUT2D eigenvalue weighted by Gasteiger charge is 2.72. The molecule has 0 radical (unpaired) electrons. The van der Waals surface area contributed by atoms with Crippen LogP contribution >= 0.6 is 0 Å². The van der Waals surface area contributed by atoms with E-state index in [1.807, 2.05) is 6.07 Å². The van der Waals surface area contributed by atoms with E-state index in [0.717, 1.165) is 31.2 Å². The van der Waals surface area contributed by atoms with E-state index in [-0.39, 0.29) is 58.8 Å². The first-order chi connectivity index (χ1) is 13.4. The summed E-state index contributed by atoms with van der Waals surface area (Å²) in [6.45, 7) is 6.25. The third kappa shape index (κ3) is 2.30. The molecule has 0 amide bonds. The second-order valence-electron chi connectivity index (χ2n) is 9.47. The molecule has 6 nitrogen and oxygen atoms in total. The molecule has 2 aliphatic carbocycles. The van der Waals surface area contributed by atoms with Crippen LogP contribution in [0, 0.1) is 28.6 Å². The Kier molecular flexibility index (Phi) is 3.96. The molecule has 2 saturated heterocycles. The number of ether oxygens (including phenoxy) is 3. The molecule has 0 N–H and O–H groups in total. The quantitative estimate of drug-likeness (QED) is 0.736. The molecule has 0 aromatic carbocycles. The van der Waals surface area contributed by atoms with Gasteiger partial charge in [-0.25, -0.2) is 0 Å². The molecule has 6 heteroatoms. The number of carbonyl (C=O) groups is 2. The molecule has 4 fully saturated rings. The predicted octanol–water partition coefficient (Wildman–Crippen LogP) is 3.66. The SMILES string of the molecule is CC(=O)OCC12CC(c3ccoc3)OC3CCC4C(=O)OC(CC1C)C4(C)C32. The summed E-state index contributed by atoms with van der Waals surface area (Å²) in [5, 5.41) is 0. The van der Waals surface area contributed by atoms with Crippen LogP contribution in [0.1, 0.15) is 58.1 Å². The van der Waals surface area contributed by atoms with Gasteiger partial charge in [-0.05, 0) is 37.7 Å². The van der Waals surface area contributed by atoms with Crippen molar-refractivity contribution in [2.45, 2.75) is 64.8 Å². The fraction of sp³-hybridized carbons (Fsp3) is 0.727. The van der Waals surface area contributed by atoms with Gasteiger partial charge < -0.3 is 18.6 Å². The van der Waals surface area contributed by atoms with Crippen LogP contribution in [-0.2, 0) is 23.8 Å². The molecule has 2 saturated carbocycles. The minimum Gasteiger partial charge on any atom is -0.472 e. The van der Waals surface area contributed by atoms with Gasteiger partial charge in [-0.1, -0.05) is 13.8 Å². The minimum absolute atomic E-state index is 0.0187. The van der Waals surface area contributed by atoms with E-state index < -0.39 is 0 Å². The topological polar surface area (TPSA) is 75.0 Å². The van der Waals surface area contributed by atoms with E-state index in [1.165, 1.54) is 6.92 Å². The zero-order valence-corrected chi connectivity index (χ0v) is 16.7. The fourth-order valence-corrected chi connectivity index (χ4v) is 6.99. The number of furan rings is 1. The van der Waals surface area contributed by atoms with Crippen molar-refractivity contribution in [2.75, 3.05) is 6.61 Å². The third-order valence-electron chi connectivity index (χ3n) is 8.30. The summed E-state index contributed by atoms with van der Waals surface area (Å²) in [4.78, 5) is 24.4. The second kappa shape index (κ2) is 6.09. The zero-order valence-electron chi connectivity index (χ0n) is 16.7. The van der Waals surface area contributed by atoms with Crippen LogP contribution in [-0.4, -0.2) is 30.8 Å². The van der Waals surface area contributed by atoms with Crippen molar-refractivity contribution < 1.29 is 28.2 Å². The molecule has 1 aromatic rings. The van der Waals surface area contributed by atoms with Gasteiger partial charge in [-0.15, -0.1) is 0 Å². The molecule has 0 spiro atoms. The highest BCUT2D eigenvalue weighted by molar-refractivity contribution is 5.77. The number of hydrogen-bond donors (Lipinski definition) is 0. The molecule has 8 atom stereocenters. The first-order valence-electron chi connectivity index (χ1n) is 10.4. The lowest BCUT2D eigenvalue weighted by atomic mass is 9.42. The highest BCUT2D eigenvalue weighted by Crippen LogP contribution is 2.69. The van der Waals surface area contributed by atoms with Gasteiger partial charge in [0.2, 0.25) is 0 Å². The minimum atomic E-state index is -0.270. The maximum Gasteiger partial charge on any atom is 0.309 e. The van der Waals surface area contributed by atoms with Gasteiger partial charge in [0, 0.05) is 29.2 Å². The molecular formula is C22H28O6. The lowest BCUT2D eigenvalue weighted by Gasteiger charge is -2.64. The second-order valence-corrected chi connectivity index (χ2v) is 9.47. The molecule has 0 bridgehead atoms. The van der Waals surface area contributed by atoms with E-state index in [1.54, 1.807) is 12.5 Å². The molecule has 3 heterocycles. The van der Waals surface area contributed by atoms with Crippen molar-refractivity contribution >= 4 is 11.9 Å². The van der Waals surface area contributed by atoms with Gasteiger partial charge in [0.15, 0.2) is 0 Å². The Bertz CT molecular complexity index is 787. The zero-order chi connectivity index (χ0) is 19.7. The van der Waals surface area contributed by atoms with E-state index in [0.29, 0.717) is 6.61 Å². The summed E-state index contributed by atoms with van der Waals surface area (Å²) >= 11 is 0. The summed E-state index contributed by atoms with van der Waals surface area (Å²) < 4.78 is 23.5. The average Bonchev–Trinajstić information content (AvgIpc) is 3.26. The molecule has 2 aliphatic heterocycles. The van der Waals surface area contributed by atoms with Crippen LogP contribution in [0.25, 0.3) is 0 Å². The number of carbonyl (C=O) groups excluding carboxylic acids is 2. The molecule has 1 aromatic heterocycles. The van der Waals surface area contributed by atoms with Crippen molar-refractivity contribution in [3.8, 4) is 0 Å². The lowest BCUT2D eigenvalue weighted by molar-refractivity contribution is -0.267. The van der Waals surface area contributed by atoms with Crippen LogP contribution in [0.5, 0.6) is 0 Å². The van der Waals surface area contributed by atoms with Crippen molar-refractivity contribution in [3.63, 3.8) is 0 Å². The largest absolute Gasteiger partial charge is 0.472 e. The summed E-state index contributed by atoms with van der Waals surface area (Å²) in [7, 11) is 0. The van der Waals surface area contributed by atoms with Gasteiger partial charge >= 0.3 is 11.9 Å². The summed E-state index contributed by atoms with van der Waals surface area (Å²) in [6, 6.07) is 1.95. The maximum absolute atomic E-state index is 12.6. The Balaban J connectivity index is 1.61. The number of rotatable bonds is 3. The van der Waals surface area contributed by atoms with Gasteiger partial charge in [0.1, 0.15) is 6.10 Å². The van der Waals surface area contributed by atoms with Gasteiger partial charge in [0.25, 0.3) is 0 Å². The van der Waals surface area contributed by atoms with Crippen LogP contribution in [0.15, 0.2) is 23.0 Å². The molecule has 152 valence electrons. The predicted molar refractivity (Wildman–Crippen MR) is 98.0 cm³/mol. The molecule has 4 aliphatic rings. The van der Waals surface area contributed by atoms with Crippen molar-refractivity contribution in [2.24, 2.45) is 28.6 Å². The lowest BCUT2D eigenvalue weighted by Crippen LogP contribution is -2.66. The maximum atomic E-state index is 12.6. The monoisotopic (exact) mass is 388 g/mol. The standard InChI is InChI=1S/C22H28O6/c1-12-8-18-21(3)15(20(24)28-18)4-5-16-19(21)22(12,11-26-13(2)23)9-17(27-16)14-6-7-25-10-14/h6-7,10,12,15-19H,4-5,8-9,11H2,1-3H3. The van der Waals surface area contributed by atoms with Crippen LogP contribution in [0.4, 0.5) is 0 Å². The molecule has 28 heavy (non-hydrogen) atoms. The van der Waals surface area contributed by atoms with Crippen LogP contribution in [0.3, 0.4) is 0 Å². The Morgan fingerprint density at radius 1 is 1.36 bits per heavy atom. The Morgan fingerprint density at radius 3 is 2.89 bits per heavy atom. The van der Waals surface area contributed by atoms with Gasteiger partial charge in [-0.2, -0.15) is 0 Å². The van der Waals surface area contributed by atoms with Gasteiger partial charge in [-0.3, -0.25) is 9.59 Å². The third-order valence-corrected chi connectivity index (χ3v) is 8.30. The Hall–Kier alpha value is -1.82. The Morgan fingerprint density at radius 2 is 2.18 bits per heavy atom. The highest BCUT2D eigenvalue weighted by atomic mass is 16.6. The van der Waals surface area contributed by atoms with Gasteiger partial charge in [0.05, 0.1) is 37.3 Å². The summed E-state index contributed by atoms with van der Waals surface area (Å²) in [5.74, 6) is -0.0277. The fourth-order valence-electron chi connectivity index (χ4n) is 6.99. The Labute approximate surface area is 164 Å². The van der Waals surface area contributed by atoms with Crippen molar-refractivity contribution in [1.29, 1.82) is 0 Å². The molecular weight excluding hydrogens is 360 g/mol. The van der Waals surface area contributed by atoms with Crippen LogP contribution in [0.2, 0.25) is 0 Å². The molecule has 8 unspecified atom stereocenters. The molecule has 5 rings (SSSR count). The average molecular weight is 388 g/mol. The van der Waals surface area contributed by atoms with E-state index in [9.17, 15) is 9.59 Å². The normalized spacial score (nSPS) is 46.6.